The molecule has 1 aromatic rings. The number of ether oxygens (including phenoxy) is 1. The molecule has 5 heteroatoms. The molecular weight excluding hydrogens is 230 g/mol. The topological polar surface area (TPSA) is 74.2 Å². The van der Waals surface area contributed by atoms with Crippen molar-refractivity contribution in [2.24, 2.45) is 5.73 Å². The van der Waals surface area contributed by atoms with Crippen molar-refractivity contribution in [2.75, 3.05) is 13.2 Å². The largest absolute Gasteiger partial charge is 0.379 e. The number of aromatic nitrogens is 2. The van der Waals surface area contributed by atoms with Crippen LogP contribution in [0.15, 0.2) is 4.52 Å². The first-order valence-corrected chi connectivity index (χ1v) is 7.01. The molecule has 2 aliphatic rings. The predicted octanol–water partition coefficient (Wildman–Crippen LogP) is 1.95. The molecule has 0 radical (unpaired) electrons. The Kier molecular flexibility index (Phi) is 3.61. The second-order valence-corrected chi connectivity index (χ2v) is 5.49. The van der Waals surface area contributed by atoms with Gasteiger partial charge in [0.15, 0.2) is 5.82 Å². The van der Waals surface area contributed by atoms with E-state index in [1.54, 1.807) is 0 Å². The van der Waals surface area contributed by atoms with Gasteiger partial charge in [0.05, 0.1) is 19.1 Å². The zero-order chi connectivity index (χ0) is 12.4. The summed E-state index contributed by atoms with van der Waals surface area (Å²) in [5.41, 5.74) is 5.97. The fraction of sp³-hybridized carbons (Fsp3) is 0.846. The number of hydrogen-bond donors (Lipinski definition) is 1. The quantitative estimate of drug-likeness (QED) is 0.813. The zero-order valence-corrected chi connectivity index (χ0v) is 10.7. The van der Waals surface area contributed by atoms with Crippen molar-refractivity contribution in [3.8, 4) is 0 Å². The van der Waals surface area contributed by atoms with E-state index in [4.69, 9.17) is 15.0 Å². The van der Waals surface area contributed by atoms with Gasteiger partial charge in [-0.25, -0.2) is 0 Å². The highest BCUT2D eigenvalue weighted by atomic mass is 16.5. The minimum absolute atomic E-state index is 0.00701. The Hall–Kier alpha value is -0.940. The van der Waals surface area contributed by atoms with E-state index < -0.39 is 0 Å². The van der Waals surface area contributed by atoms with E-state index >= 15 is 0 Å². The summed E-state index contributed by atoms with van der Waals surface area (Å²) in [6, 6.07) is -0.00701. The summed E-state index contributed by atoms with van der Waals surface area (Å²) in [6.45, 7) is 1.19. The Labute approximate surface area is 107 Å². The molecule has 2 fully saturated rings. The fourth-order valence-corrected chi connectivity index (χ4v) is 2.93. The normalized spacial score (nSPS) is 30.5. The van der Waals surface area contributed by atoms with Crippen LogP contribution < -0.4 is 5.73 Å². The average Bonchev–Trinajstić information content (AvgIpc) is 2.91. The Balaban J connectivity index is 1.72. The second-order valence-electron chi connectivity index (χ2n) is 5.49. The lowest BCUT2D eigenvalue weighted by Gasteiger charge is -2.08. The first-order valence-electron chi connectivity index (χ1n) is 7.01. The van der Waals surface area contributed by atoms with Gasteiger partial charge in [-0.15, -0.1) is 0 Å². The van der Waals surface area contributed by atoms with Crippen LogP contribution in [0.4, 0.5) is 0 Å². The maximum atomic E-state index is 5.97. The smallest absolute Gasteiger partial charge is 0.233 e. The molecule has 3 rings (SSSR count). The lowest BCUT2D eigenvalue weighted by atomic mass is 9.99. The van der Waals surface area contributed by atoms with Gasteiger partial charge in [-0.1, -0.05) is 30.8 Å². The van der Waals surface area contributed by atoms with Gasteiger partial charge in [0.1, 0.15) is 0 Å². The van der Waals surface area contributed by atoms with Gasteiger partial charge in [-0.05, 0) is 12.8 Å². The van der Waals surface area contributed by atoms with Crippen molar-refractivity contribution in [1.82, 2.24) is 10.1 Å². The molecule has 100 valence electrons. The van der Waals surface area contributed by atoms with E-state index in [-0.39, 0.29) is 12.0 Å². The number of rotatable bonds is 2. The number of nitrogens with zero attached hydrogens (tertiary/aromatic N) is 2. The van der Waals surface area contributed by atoms with Crippen LogP contribution in [0, 0.1) is 0 Å². The first-order chi connectivity index (χ1) is 8.84. The summed E-state index contributed by atoms with van der Waals surface area (Å²) < 4.78 is 10.7. The van der Waals surface area contributed by atoms with E-state index in [0.29, 0.717) is 25.0 Å². The van der Waals surface area contributed by atoms with Crippen LogP contribution in [0.2, 0.25) is 0 Å². The van der Waals surface area contributed by atoms with Crippen molar-refractivity contribution < 1.29 is 9.26 Å². The van der Waals surface area contributed by atoms with Crippen molar-refractivity contribution in [1.29, 1.82) is 0 Å². The lowest BCUT2D eigenvalue weighted by molar-refractivity contribution is 0.187. The molecule has 2 atom stereocenters. The van der Waals surface area contributed by atoms with Crippen molar-refractivity contribution in [2.45, 2.75) is 56.4 Å². The standard InChI is InChI=1S/C13H21N3O2/c14-11-8-17-7-10(11)13-15-12(16-18-13)9-5-3-1-2-4-6-9/h9-11H,1-8,14H2. The van der Waals surface area contributed by atoms with E-state index in [2.05, 4.69) is 10.1 Å². The molecule has 2 unspecified atom stereocenters. The Morgan fingerprint density at radius 1 is 1.06 bits per heavy atom. The molecule has 5 nitrogen and oxygen atoms in total. The summed E-state index contributed by atoms with van der Waals surface area (Å²) in [4.78, 5) is 4.57. The molecule has 2 heterocycles. The highest BCUT2D eigenvalue weighted by Crippen LogP contribution is 2.31. The summed E-state index contributed by atoms with van der Waals surface area (Å²) in [5, 5.41) is 4.16. The van der Waals surface area contributed by atoms with Crippen LogP contribution in [-0.2, 0) is 4.74 Å². The van der Waals surface area contributed by atoms with Gasteiger partial charge >= 0.3 is 0 Å². The summed E-state index contributed by atoms with van der Waals surface area (Å²) in [6.07, 6.45) is 7.60. The van der Waals surface area contributed by atoms with Gasteiger partial charge in [-0.2, -0.15) is 4.98 Å². The van der Waals surface area contributed by atoms with Crippen LogP contribution in [-0.4, -0.2) is 29.4 Å². The van der Waals surface area contributed by atoms with E-state index in [9.17, 15) is 0 Å². The molecule has 0 aromatic carbocycles. The molecule has 1 aromatic heterocycles. The Morgan fingerprint density at radius 3 is 2.50 bits per heavy atom. The first kappa shape index (κ1) is 12.1. The van der Waals surface area contributed by atoms with Gasteiger partial charge in [0, 0.05) is 12.0 Å². The summed E-state index contributed by atoms with van der Waals surface area (Å²) in [5.74, 6) is 2.10. The van der Waals surface area contributed by atoms with Gasteiger partial charge < -0.3 is 15.0 Å². The number of nitrogens with two attached hydrogens (primary N) is 1. The van der Waals surface area contributed by atoms with Gasteiger partial charge in [-0.3, -0.25) is 0 Å². The van der Waals surface area contributed by atoms with E-state index in [0.717, 1.165) is 5.82 Å². The minimum atomic E-state index is -0.00701. The third-order valence-electron chi connectivity index (χ3n) is 4.12. The molecule has 1 aliphatic carbocycles. The van der Waals surface area contributed by atoms with Crippen LogP contribution >= 0.6 is 0 Å². The Morgan fingerprint density at radius 2 is 1.83 bits per heavy atom. The zero-order valence-electron chi connectivity index (χ0n) is 10.7. The molecule has 0 spiro atoms. The molecule has 2 N–H and O–H groups in total. The average molecular weight is 251 g/mol. The van der Waals surface area contributed by atoms with E-state index in [1.807, 2.05) is 0 Å². The molecule has 0 amide bonds. The van der Waals surface area contributed by atoms with Gasteiger partial charge in [0.2, 0.25) is 5.89 Å². The SMILES string of the molecule is NC1COCC1c1nc(C2CCCCCC2)no1. The molecule has 1 saturated heterocycles. The third kappa shape index (κ3) is 2.42. The molecule has 0 bridgehead atoms. The lowest BCUT2D eigenvalue weighted by Crippen LogP contribution is -2.27. The van der Waals surface area contributed by atoms with Gasteiger partial charge in [0.25, 0.3) is 0 Å². The molecular formula is C13H21N3O2. The van der Waals surface area contributed by atoms with Crippen LogP contribution in [0.5, 0.6) is 0 Å². The summed E-state index contributed by atoms with van der Waals surface area (Å²) >= 11 is 0. The number of hydrogen-bond acceptors (Lipinski definition) is 5. The monoisotopic (exact) mass is 251 g/mol. The van der Waals surface area contributed by atoms with Crippen molar-refractivity contribution in [3.05, 3.63) is 11.7 Å². The summed E-state index contributed by atoms with van der Waals surface area (Å²) in [7, 11) is 0. The fourth-order valence-electron chi connectivity index (χ4n) is 2.93. The van der Waals surface area contributed by atoms with Crippen molar-refractivity contribution >= 4 is 0 Å². The maximum Gasteiger partial charge on any atom is 0.233 e. The van der Waals surface area contributed by atoms with Crippen LogP contribution in [0.1, 0.15) is 62.1 Å². The maximum absolute atomic E-state index is 5.97. The third-order valence-corrected chi connectivity index (χ3v) is 4.12. The minimum Gasteiger partial charge on any atom is -0.379 e. The van der Waals surface area contributed by atoms with E-state index in [1.165, 1.54) is 38.5 Å². The van der Waals surface area contributed by atoms with Crippen molar-refractivity contribution in [3.63, 3.8) is 0 Å². The molecule has 1 saturated carbocycles. The Bertz CT molecular complexity index is 385. The van der Waals surface area contributed by atoms with Crippen LogP contribution in [0.3, 0.4) is 0 Å². The highest BCUT2D eigenvalue weighted by molar-refractivity contribution is 5.04. The highest BCUT2D eigenvalue weighted by Gasteiger charge is 2.32. The molecule has 18 heavy (non-hydrogen) atoms. The second kappa shape index (κ2) is 5.36. The molecule has 1 aliphatic heterocycles. The van der Waals surface area contributed by atoms with Crippen LogP contribution in [0.25, 0.3) is 0 Å². The predicted molar refractivity (Wildman–Crippen MR) is 66.3 cm³/mol.